The summed E-state index contributed by atoms with van der Waals surface area (Å²) in [5.74, 6) is -0.490. The first kappa shape index (κ1) is 71.5. The molecule has 10 heteroatoms. The number of amides is 1. The fourth-order valence-electron chi connectivity index (χ4n) is 9.47. The fourth-order valence-corrected chi connectivity index (χ4v) is 10.2. The average Bonchev–Trinajstić information content (AvgIpc) is 3.35. The van der Waals surface area contributed by atoms with Crippen LogP contribution in [0.15, 0.2) is 24.3 Å². The number of hydrogen-bond acceptors (Lipinski definition) is 6. The van der Waals surface area contributed by atoms with Gasteiger partial charge in [-0.3, -0.25) is 18.6 Å². The van der Waals surface area contributed by atoms with Crippen LogP contribution in [-0.2, 0) is 27.9 Å². The molecule has 0 spiro atoms. The number of nitrogens with zero attached hydrogens (tertiary/aromatic N) is 1. The maximum atomic E-state index is 13.5. The third kappa shape index (κ3) is 55.1. The summed E-state index contributed by atoms with van der Waals surface area (Å²) >= 11 is 0. The SMILES string of the molecule is CCCCCCCC/C=C/CCCCCCCCCCCCCC(=O)NC(COP(=O)(O)OCC[N+](C)(C)C)C(/C=C\CCCCCCCCCCC)OC(=O)CCCCCCCCCCCCCCCCC. The Labute approximate surface area is 454 Å². The predicted molar refractivity (Wildman–Crippen MR) is 314 cm³/mol. The molecular weight excluding hydrogens is 928 g/mol. The van der Waals surface area contributed by atoms with Gasteiger partial charge in [-0.2, -0.15) is 0 Å². The number of hydrogen-bond donors (Lipinski definition) is 2. The molecule has 0 heterocycles. The number of unbranched alkanes of at least 4 members (excludes halogenated alkanes) is 40. The molecule has 1 amide bonds. The first-order valence-corrected chi connectivity index (χ1v) is 33.2. The summed E-state index contributed by atoms with van der Waals surface area (Å²) in [6.07, 6.45) is 63.2. The highest BCUT2D eigenvalue weighted by Crippen LogP contribution is 2.43. The van der Waals surface area contributed by atoms with Gasteiger partial charge in [0.05, 0.1) is 33.8 Å². The minimum Gasteiger partial charge on any atom is -0.456 e. The third-order valence-electron chi connectivity index (χ3n) is 14.4. The zero-order valence-corrected chi connectivity index (χ0v) is 50.3. The Morgan fingerprint density at radius 3 is 1.16 bits per heavy atom. The van der Waals surface area contributed by atoms with Crippen LogP contribution in [0.1, 0.15) is 316 Å². The Morgan fingerprint density at radius 1 is 0.466 bits per heavy atom. The molecule has 0 saturated heterocycles. The number of nitrogens with one attached hydrogen (secondary N) is 1. The molecule has 0 aliphatic rings. The van der Waals surface area contributed by atoms with Gasteiger partial charge in [0.2, 0.25) is 5.91 Å². The quantitative estimate of drug-likeness (QED) is 0.0205. The average molecular weight is 1050 g/mol. The molecule has 0 aromatic heterocycles. The molecule has 2 N–H and O–H groups in total. The molecule has 3 unspecified atom stereocenters. The number of allylic oxidation sites excluding steroid dienone is 3. The summed E-state index contributed by atoms with van der Waals surface area (Å²) in [5.41, 5.74) is 0. The minimum absolute atomic E-state index is 0.0437. The highest BCUT2D eigenvalue weighted by Gasteiger charge is 2.30. The van der Waals surface area contributed by atoms with E-state index in [2.05, 4.69) is 38.2 Å². The van der Waals surface area contributed by atoms with Gasteiger partial charge in [-0.05, 0) is 57.4 Å². The van der Waals surface area contributed by atoms with E-state index in [4.69, 9.17) is 13.8 Å². The van der Waals surface area contributed by atoms with Gasteiger partial charge in [-0.25, -0.2) is 4.57 Å². The Balaban J connectivity index is 5.14. The number of quaternary nitrogens is 1. The third-order valence-corrected chi connectivity index (χ3v) is 15.4. The Kier molecular flexibility index (Phi) is 52.8. The molecular formula is C63H124N2O7P+. The van der Waals surface area contributed by atoms with Crippen molar-refractivity contribution in [2.24, 2.45) is 0 Å². The second kappa shape index (κ2) is 53.9. The van der Waals surface area contributed by atoms with Crippen LogP contribution in [0.25, 0.3) is 0 Å². The van der Waals surface area contributed by atoms with E-state index in [9.17, 15) is 19.0 Å². The van der Waals surface area contributed by atoms with Crippen molar-refractivity contribution >= 4 is 19.7 Å². The normalized spacial score (nSPS) is 13.8. The Bertz CT molecular complexity index is 1300. The van der Waals surface area contributed by atoms with E-state index in [1.54, 1.807) is 0 Å². The van der Waals surface area contributed by atoms with E-state index in [0.717, 1.165) is 57.8 Å². The maximum absolute atomic E-state index is 13.5. The number of carbonyl (C=O) groups is 2. The van der Waals surface area contributed by atoms with E-state index in [0.29, 0.717) is 23.9 Å². The largest absolute Gasteiger partial charge is 0.472 e. The smallest absolute Gasteiger partial charge is 0.456 e. The number of esters is 1. The van der Waals surface area contributed by atoms with E-state index < -0.39 is 20.0 Å². The lowest BCUT2D eigenvalue weighted by Crippen LogP contribution is -2.47. The molecule has 0 fully saturated rings. The number of rotatable bonds is 58. The number of carbonyl (C=O) groups excluding carboxylic acids is 2. The van der Waals surface area contributed by atoms with E-state index >= 15 is 0 Å². The monoisotopic (exact) mass is 1050 g/mol. The Morgan fingerprint density at radius 2 is 0.795 bits per heavy atom. The fraction of sp³-hybridized carbons (Fsp3) is 0.905. The molecule has 3 atom stereocenters. The second-order valence-electron chi connectivity index (χ2n) is 22.9. The minimum atomic E-state index is -4.44. The van der Waals surface area contributed by atoms with Crippen LogP contribution in [0.3, 0.4) is 0 Å². The molecule has 73 heavy (non-hydrogen) atoms. The zero-order valence-electron chi connectivity index (χ0n) is 49.4. The van der Waals surface area contributed by atoms with Gasteiger partial charge >= 0.3 is 13.8 Å². The van der Waals surface area contributed by atoms with Crippen molar-refractivity contribution in [1.82, 2.24) is 5.32 Å². The number of phosphoric ester groups is 1. The molecule has 0 bridgehead atoms. The zero-order chi connectivity index (χ0) is 53.6. The van der Waals surface area contributed by atoms with Crippen molar-refractivity contribution in [2.75, 3.05) is 40.9 Å². The summed E-state index contributed by atoms with van der Waals surface area (Å²) in [6.45, 7) is 7.05. The van der Waals surface area contributed by atoms with Crippen LogP contribution < -0.4 is 5.32 Å². The van der Waals surface area contributed by atoms with E-state index in [1.807, 2.05) is 33.3 Å². The van der Waals surface area contributed by atoms with E-state index in [-0.39, 0.29) is 25.1 Å². The van der Waals surface area contributed by atoms with Gasteiger partial charge in [-0.15, -0.1) is 0 Å². The summed E-state index contributed by atoms with van der Waals surface area (Å²) in [4.78, 5) is 37.7. The van der Waals surface area contributed by atoms with Crippen LogP contribution in [-0.4, -0.2) is 74.3 Å². The number of phosphoric acid groups is 1. The van der Waals surface area contributed by atoms with Gasteiger partial charge in [-0.1, -0.05) is 270 Å². The van der Waals surface area contributed by atoms with Crippen molar-refractivity contribution < 1.29 is 37.3 Å². The molecule has 0 aromatic rings. The van der Waals surface area contributed by atoms with Crippen molar-refractivity contribution in [2.45, 2.75) is 328 Å². The van der Waals surface area contributed by atoms with Crippen LogP contribution in [0.2, 0.25) is 0 Å². The lowest BCUT2D eigenvalue weighted by atomic mass is 10.0. The number of ether oxygens (including phenoxy) is 1. The van der Waals surface area contributed by atoms with Gasteiger partial charge in [0.1, 0.15) is 19.3 Å². The van der Waals surface area contributed by atoms with Gasteiger partial charge in [0, 0.05) is 12.8 Å². The lowest BCUT2D eigenvalue weighted by molar-refractivity contribution is -0.870. The van der Waals surface area contributed by atoms with Crippen molar-refractivity contribution in [3.05, 3.63) is 24.3 Å². The summed E-state index contributed by atoms with van der Waals surface area (Å²) in [7, 11) is 1.51. The number of likely N-dealkylation sites (N-methyl/N-ethyl adjacent to an activating group) is 1. The van der Waals surface area contributed by atoms with Crippen molar-refractivity contribution in [1.29, 1.82) is 0 Å². The molecule has 9 nitrogen and oxygen atoms in total. The summed E-state index contributed by atoms with van der Waals surface area (Å²) < 4.78 is 30.7. The van der Waals surface area contributed by atoms with Crippen LogP contribution in [0.4, 0.5) is 0 Å². The van der Waals surface area contributed by atoms with Crippen molar-refractivity contribution in [3.8, 4) is 0 Å². The predicted octanol–water partition coefficient (Wildman–Crippen LogP) is 19.3. The molecule has 0 aliphatic heterocycles. The first-order valence-electron chi connectivity index (χ1n) is 31.7. The molecule has 432 valence electrons. The van der Waals surface area contributed by atoms with Crippen LogP contribution >= 0.6 is 7.82 Å². The highest BCUT2D eigenvalue weighted by molar-refractivity contribution is 7.47. The second-order valence-corrected chi connectivity index (χ2v) is 24.4. The molecule has 0 aliphatic carbocycles. The van der Waals surface area contributed by atoms with Gasteiger partial charge in [0.15, 0.2) is 0 Å². The van der Waals surface area contributed by atoms with Crippen molar-refractivity contribution in [3.63, 3.8) is 0 Å². The standard InChI is InChI=1S/C63H123N2O7P/c1-7-10-13-16-19-22-25-27-29-30-31-32-33-34-36-37-40-43-46-49-52-55-62(66)64-60(59-71-73(68,69)70-58-57-65(4,5)6)61(54-51-48-45-42-39-24-21-18-15-12-9-3)72-63(67)56-53-50-47-44-41-38-35-28-26-23-20-17-14-11-8-2/h27,29,51,54,60-61H,7-26,28,30-50,52-53,55-59H2,1-6H3,(H-,64,66,68,69)/p+1/b29-27+,54-51-. The molecule has 0 radical (unpaired) electrons. The highest BCUT2D eigenvalue weighted by atomic mass is 31.2. The first-order chi connectivity index (χ1) is 35.4. The molecule has 0 saturated carbocycles. The summed E-state index contributed by atoms with van der Waals surface area (Å²) in [6, 6.07) is -0.842. The maximum Gasteiger partial charge on any atom is 0.472 e. The topological polar surface area (TPSA) is 111 Å². The summed E-state index contributed by atoms with van der Waals surface area (Å²) in [5, 5.41) is 3.06. The van der Waals surface area contributed by atoms with E-state index in [1.165, 1.54) is 225 Å². The Hall–Kier alpha value is -1.51. The lowest BCUT2D eigenvalue weighted by Gasteiger charge is -2.27. The molecule has 0 rings (SSSR count). The molecule has 0 aromatic carbocycles. The van der Waals surface area contributed by atoms with Crippen LogP contribution in [0, 0.1) is 0 Å². The van der Waals surface area contributed by atoms with Crippen LogP contribution in [0.5, 0.6) is 0 Å². The van der Waals surface area contributed by atoms with Gasteiger partial charge in [0.25, 0.3) is 0 Å². The van der Waals surface area contributed by atoms with Gasteiger partial charge < -0.3 is 19.4 Å².